The van der Waals surface area contributed by atoms with Gasteiger partial charge in [0.2, 0.25) is 0 Å². The third-order valence-corrected chi connectivity index (χ3v) is 4.81. The van der Waals surface area contributed by atoms with Gasteiger partial charge in [-0.3, -0.25) is 9.30 Å². The number of imidazole rings is 1. The number of pyridine rings is 1. The first-order valence-corrected chi connectivity index (χ1v) is 8.73. The second-order valence-corrected chi connectivity index (χ2v) is 6.53. The summed E-state index contributed by atoms with van der Waals surface area (Å²) in [4.78, 5) is 7.07. The van der Waals surface area contributed by atoms with Gasteiger partial charge in [-0.1, -0.05) is 36.4 Å². The van der Waals surface area contributed by atoms with Crippen LogP contribution >= 0.6 is 0 Å². The predicted molar refractivity (Wildman–Crippen MR) is 98.3 cm³/mol. The standard InChI is InChI=1S/C20H21N5/c21-14-18-20(23-19-8-4-5-11-25(18)19)22-17-9-12-24(13-10-17)15-16-6-2-1-3-7-16/h1-8,11,17,22H,9-10,12-13,15H2. The highest BCUT2D eigenvalue weighted by Gasteiger charge is 2.21. The highest BCUT2D eigenvalue weighted by molar-refractivity contribution is 5.59. The molecule has 5 heteroatoms. The van der Waals surface area contributed by atoms with Gasteiger partial charge < -0.3 is 5.32 Å². The fourth-order valence-corrected chi connectivity index (χ4v) is 3.47. The molecule has 0 saturated carbocycles. The van der Waals surface area contributed by atoms with Gasteiger partial charge in [-0.2, -0.15) is 5.26 Å². The Bertz CT molecular complexity index is 885. The third-order valence-electron chi connectivity index (χ3n) is 4.81. The molecule has 5 nitrogen and oxygen atoms in total. The summed E-state index contributed by atoms with van der Waals surface area (Å²) >= 11 is 0. The van der Waals surface area contributed by atoms with Crippen LogP contribution in [0.2, 0.25) is 0 Å². The summed E-state index contributed by atoms with van der Waals surface area (Å²) in [5, 5.41) is 13.0. The van der Waals surface area contributed by atoms with E-state index >= 15 is 0 Å². The van der Waals surface area contributed by atoms with Crippen molar-refractivity contribution in [3.05, 3.63) is 66.0 Å². The molecular formula is C20H21N5. The molecule has 0 radical (unpaired) electrons. The van der Waals surface area contributed by atoms with E-state index in [0.29, 0.717) is 17.6 Å². The van der Waals surface area contributed by atoms with Crippen LogP contribution in [0.15, 0.2) is 54.7 Å². The Morgan fingerprint density at radius 1 is 1.08 bits per heavy atom. The molecule has 3 aromatic rings. The molecule has 1 saturated heterocycles. The van der Waals surface area contributed by atoms with Crippen molar-refractivity contribution in [3.63, 3.8) is 0 Å². The quantitative estimate of drug-likeness (QED) is 0.797. The van der Waals surface area contributed by atoms with Gasteiger partial charge in [0.1, 0.15) is 11.7 Å². The SMILES string of the molecule is N#Cc1c(NC2CCN(Cc3ccccc3)CC2)nc2ccccn12. The van der Waals surface area contributed by atoms with Crippen LogP contribution in [0.25, 0.3) is 5.65 Å². The van der Waals surface area contributed by atoms with Crippen molar-refractivity contribution in [1.29, 1.82) is 5.26 Å². The second kappa shape index (κ2) is 6.96. The molecule has 0 bridgehead atoms. The maximum atomic E-state index is 9.48. The first-order chi connectivity index (χ1) is 12.3. The Morgan fingerprint density at radius 3 is 2.60 bits per heavy atom. The number of anilines is 1. The Labute approximate surface area is 147 Å². The first-order valence-electron chi connectivity index (χ1n) is 8.73. The summed E-state index contributed by atoms with van der Waals surface area (Å²) in [6.07, 6.45) is 4.01. The van der Waals surface area contributed by atoms with Gasteiger partial charge in [0, 0.05) is 31.9 Å². The van der Waals surface area contributed by atoms with E-state index in [2.05, 4.69) is 51.6 Å². The van der Waals surface area contributed by atoms with Crippen LogP contribution in [0.4, 0.5) is 5.82 Å². The second-order valence-electron chi connectivity index (χ2n) is 6.53. The monoisotopic (exact) mass is 331 g/mol. The molecule has 0 spiro atoms. The van der Waals surface area contributed by atoms with E-state index in [1.54, 1.807) is 0 Å². The zero-order chi connectivity index (χ0) is 17.1. The molecule has 4 rings (SSSR count). The van der Waals surface area contributed by atoms with E-state index in [1.807, 2.05) is 28.8 Å². The minimum atomic E-state index is 0.365. The maximum Gasteiger partial charge on any atom is 0.168 e. The van der Waals surface area contributed by atoms with Crippen molar-refractivity contribution in [2.45, 2.75) is 25.4 Å². The van der Waals surface area contributed by atoms with Crippen LogP contribution in [0.3, 0.4) is 0 Å². The van der Waals surface area contributed by atoms with Crippen molar-refractivity contribution in [3.8, 4) is 6.07 Å². The normalized spacial score (nSPS) is 16.0. The number of fused-ring (bicyclic) bond motifs is 1. The lowest BCUT2D eigenvalue weighted by molar-refractivity contribution is 0.211. The molecule has 1 aromatic carbocycles. The summed E-state index contributed by atoms with van der Waals surface area (Å²) in [5.41, 5.74) is 2.76. The smallest absolute Gasteiger partial charge is 0.168 e. The van der Waals surface area contributed by atoms with E-state index in [4.69, 9.17) is 0 Å². The molecule has 1 N–H and O–H groups in total. The fourth-order valence-electron chi connectivity index (χ4n) is 3.47. The topological polar surface area (TPSA) is 56.4 Å². The van der Waals surface area contributed by atoms with Crippen molar-refractivity contribution in [2.75, 3.05) is 18.4 Å². The Morgan fingerprint density at radius 2 is 1.84 bits per heavy atom. The number of likely N-dealkylation sites (tertiary alicyclic amines) is 1. The summed E-state index contributed by atoms with van der Waals surface area (Å²) in [7, 11) is 0. The lowest BCUT2D eigenvalue weighted by Gasteiger charge is -2.32. The minimum absolute atomic E-state index is 0.365. The number of piperidine rings is 1. The predicted octanol–water partition coefficient (Wildman–Crippen LogP) is 3.28. The van der Waals surface area contributed by atoms with Crippen LogP contribution < -0.4 is 5.32 Å². The van der Waals surface area contributed by atoms with Gasteiger partial charge in [0.05, 0.1) is 0 Å². The Balaban J connectivity index is 1.40. The van der Waals surface area contributed by atoms with Crippen molar-refractivity contribution >= 4 is 11.5 Å². The number of nitriles is 1. The average molecular weight is 331 g/mol. The van der Waals surface area contributed by atoms with Gasteiger partial charge in [-0.15, -0.1) is 0 Å². The number of hydrogen-bond acceptors (Lipinski definition) is 4. The molecule has 25 heavy (non-hydrogen) atoms. The highest BCUT2D eigenvalue weighted by Crippen LogP contribution is 2.21. The Hall–Kier alpha value is -2.84. The van der Waals surface area contributed by atoms with Crippen LogP contribution in [0.1, 0.15) is 24.1 Å². The van der Waals surface area contributed by atoms with Gasteiger partial charge in [0.15, 0.2) is 11.5 Å². The zero-order valence-corrected chi connectivity index (χ0v) is 14.1. The van der Waals surface area contributed by atoms with Crippen molar-refractivity contribution in [1.82, 2.24) is 14.3 Å². The van der Waals surface area contributed by atoms with E-state index in [-0.39, 0.29) is 0 Å². The number of aromatic nitrogens is 2. The van der Waals surface area contributed by atoms with Crippen molar-refractivity contribution < 1.29 is 0 Å². The molecule has 3 heterocycles. The number of benzene rings is 1. The molecule has 126 valence electrons. The molecule has 1 aliphatic heterocycles. The molecule has 1 aliphatic rings. The maximum absolute atomic E-state index is 9.48. The molecular weight excluding hydrogens is 310 g/mol. The molecule has 0 amide bonds. The molecule has 0 unspecified atom stereocenters. The molecule has 0 aliphatic carbocycles. The molecule has 2 aromatic heterocycles. The van der Waals surface area contributed by atoms with Gasteiger partial charge in [0.25, 0.3) is 0 Å². The van der Waals surface area contributed by atoms with Gasteiger partial charge in [-0.05, 0) is 30.5 Å². The molecule has 0 atom stereocenters. The van der Waals surface area contributed by atoms with E-state index < -0.39 is 0 Å². The average Bonchev–Trinajstić information content (AvgIpc) is 3.01. The highest BCUT2D eigenvalue weighted by atomic mass is 15.2. The summed E-state index contributed by atoms with van der Waals surface area (Å²) in [5.74, 6) is 0.704. The van der Waals surface area contributed by atoms with Gasteiger partial charge >= 0.3 is 0 Å². The van der Waals surface area contributed by atoms with Gasteiger partial charge in [-0.25, -0.2) is 4.98 Å². The summed E-state index contributed by atoms with van der Waals surface area (Å²) in [6.45, 7) is 3.12. The number of nitrogens with zero attached hydrogens (tertiary/aromatic N) is 4. The number of rotatable bonds is 4. The fraction of sp³-hybridized carbons (Fsp3) is 0.300. The minimum Gasteiger partial charge on any atom is -0.365 e. The van der Waals surface area contributed by atoms with E-state index in [9.17, 15) is 5.26 Å². The van der Waals surface area contributed by atoms with Crippen LogP contribution in [-0.4, -0.2) is 33.4 Å². The summed E-state index contributed by atoms with van der Waals surface area (Å²) < 4.78 is 1.84. The zero-order valence-electron chi connectivity index (χ0n) is 14.1. The first kappa shape index (κ1) is 15.7. The number of hydrogen-bond donors (Lipinski definition) is 1. The van der Waals surface area contributed by atoms with Crippen molar-refractivity contribution in [2.24, 2.45) is 0 Å². The van der Waals surface area contributed by atoms with Crippen LogP contribution in [0, 0.1) is 11.3 Å². The summed E-state index contributed by atoms with van der Waals surface area (Å²) in [6, 6.07) is 19.0. The largest absolute Gasteiger partial charge is 0.365 e. The lowest BCUT2D eigenvalue weighted by Crippen LogP contribution is -2.38. The lowest BCUT2D eigenvalue weighted by atomic mass is 10.0. The van der Waals surface area contributed by atoms with E-state index in [1.165, 1.54) is 5.56 Å². The number of nitrogens with one attached hydrogen (secondary N) is 1. The van der Waals surface area contributed by atoms with Crippen LogP contribution in [-0.2, 0) is 6.54 Å². The Kier molecular flexibility index (Phi) is 4.36. The van der Waals surface area contributed by atoms with Crippen LogP contribution in [0.5, 0.6) is 0 Å². The van der Waals surface area contributed by atoms with E-state index in [0.717, 1.165) is 38.1 Å². The molecule has 1 fully saturated rings. The third kappa shape index (κ3) is 3.35.